The lowest BCUT2D eigenvalue weighted by molar-refractivity contribution is -0.149. The third kappa shape index (κ3) is 6.41. The number of esters is 2. The average Bonchev–Trinajstić information content (AvgIpc) is 3.21. The summed E-state index contributed by atoms with van der Waals surface area (Å²) >= 11 is 4.51. The van der Waals surface area contributed by atoms with E-state index < -0.39 is 24.5 Å². The molecule has 1 heterocycles. The monoisotopic (exact) mass is 517 g/mol. The van der Waals surface area contributed by atoms with Crippen molar-refractivity contribution in [3.63, 3.8) is 0 Å². The lowest BCUT2D eigenvalue weighted by Gasteiger charge is -2.10. The molecule has 0 fully saturated rings. The molecule has 0 aliphatic carbocycles. The fourth-order valence-corrected chi connectivity index (χ4v) is 3.95. The van der Waals surface area contributed by atoms with E-state index in [2.05, 4.69) is 21.2 Å². The van der Waals surface area contributed by atoms with Gasteiger partial charge in [0.25, 0.3) is 5.91 Å². The predicted octanol–water partition coefficient (Wildman–Crippen LogP) is 4.92. The maximum atomic E-state index is 12.5. The van der Waals surface area contributed by atoms with Gasteiger partial charge in [0.15, 0.2) is 13.2 Å². The number of anilines is 1. The summed E-state index contributed by atoms with van der Waals surface area (Å²) in [6, 6.07) is 16.3. The van der Waals surface area contributed by atoms with Crippen molar-refractivity contribution in [2.75, 3.05) is 25.1 Å². The molecule has 3 rings (SSSR count). The molecule has 0 atom stereocenters. The molecule has 7 nitrogen and oxygen atoms in total. The molecule has 3 aromatic rings. The Morgan fingerprint density at radius 2 is 1.69 bits per heavy atom. The standard InChI is InChI=1S/C23H20BrNO6S/c1-2-29-23(28)21-18(15-6-4-3-5-7-15)14-32-22(21)25-19(26)12-31-20(27)13-30-17-10-8-16(24)9-11-17/h3-11,14H,2,12-13H2,1H3,(H,25,26). The molecule has 1 aromatic heterocycles. The van der Waals surface area contributed by atoms with Crippen LogP contribution in [0.5, 0.6) is 5.75 Å². The molecule has 0 saturated heterocycles. The maximum Gasteiger partial charge on any atom is 0.344 e. The van der Waals surface area contributed by atoms with Gasteiger partial charge in [-0.2, -0.15) is 0 Å². The first kappa shape index (κ1) is 23.5. The van der Waals surface area contributed by atoms with E-state index in [9.17, 15) is 14.4 Å². The van der Waals surface area contributed by atoms with Crippen LogP contribution in [0.25, 0.3) is 11.1 Å². The minimum Gasteiger partial charge on any atom is -0.482 e. The lowest BCUT2D eigenvalue weighted by Crippen LogP contribution is -2.24. The topological polar surface area (TPSA) is 90.9 Å². The summed E-state index contributed by atoms with van der Waals surface area (Å²) in [6.07, 6.45) is 0. The Morgan fingerprint density at radius 1 is 0.969 bits per heavy atom. The van der Waals surface area contributed by atoms with E-state index >= 15 is 0 Å². The Morgan fingerprint density at radius 3 is 2.38 bits per heavy atom. The molecule has 0 unspecified atom stereocenters. The van der Waals surface area contributed by atoms with Crippen molar-refractivity contribution in [2.24, 2.45) is 0 Å². The van der Waals surface area contributed by atoms with Crippen molar-refractivity contribution in [1.82, 2.24) is 0 Å². The Bertz CT molecular complexity index is 1080. The molecule has 0 saturated carbocycles. The van der Waals surface area contributed by atoms with E-state index in [1.807, 2.05) is 30.3 Å². The molecular formula is C23H20BrNO6S. The fourth-order valence-electron chi connectivity index (χ4n) is 2.71. The van der Waals surface area contributed by atoms with Crippen LogP contribution in [0.2, 0.25) is 0 Å². The van der Waals surface area contributed by atoms with Gasteiger partial charge in [0, 0.05) is 15.4 Å². The molecule has 0 spiro atoms. The minimum absolute atomic E-state index is 0.201. The number of thiophene rings is 1. The van der Waals surface area contributed by atoms with Crippen molar-refractivity contribution >= 4 is 50.1 Å². The number of rotatable bonds is 9. The predicted molar refractivity (Wildman–Crippen MR) is 125 cm³/mol. The van der Waals surface area contributed by atoms with E-state index in [0.717, 1.165) is 10.0 Å². The number of carbonyl (C=O) groups excluding carboxylic acids is 3. The highest BCUT2D eigenvalue weighted by Crippen LogP contribution is 2.36. The average molecular weight is 518 g/mol. The number of ether oxygens (including phenoxy) is 3. The van der Waals surface area contributed by atoms with Gasteiger partial charge in [-0.05, 0) is 36.8 Å². The van der Waals surface area contributed by atoms with Crippen LogP contribution in [0.15, 0.2) is 64.5 Å². The van der Waals surface area contributed by atoms with Crippen LogP contribution in [0.4, 0.5) is 5.00 Å². The minimum atomic E-state index is -0.690. The van der Waals surface area contributed by atoms with E-state index in [0.29, 0.717) is 16.3 Å². The Kier molecular flexibility index (Phi) is 8.41. The summed E-state index contributed by atoms with van der Waals surface area (Å²) in [4.78, 5) is 36.7. The molecule has 0 aliphatic rings. The molecule has 0 aliphatic heterocycles. The van der Waals surface area contributed by atoms with Crippen molar-refractivity contribution in [3.8, 4) is 16.9 Å². The zero-order valence-corrected chi connectivity index (χ0v) is 19.5. The van der Waals surface area contributed by atoms with Gasteiger partial charge in [0.2, 0.25) is 0 Å². The van der Waals surface area contributed by atoms with Gasteiger partial charge < -0.3 is 19.5 Å². The third-order valence-electron chi connectivity index (χ3n) is 4.14. The zero-order chi connectivity index (χ0) is 22.9. The quantitative estimate of drug-likeness (QED) is 0.405. The highest BCUT2D eigenvalue weighted by atomic mass is 79.9. The van der Waals surface area contributed by atoms with Crippen molar-refractivity contribution in [1.29, 1.82) is 0 Å². The normalized spacial score (nSPS) is 10.3. The largest absolute Gasteiger partial charge is 0.482 e. The van der Waals surface area contributed by atoms with Crippen molar-refractivity contribution < 1.29 is 28.6 Å². The van der Waals surface area contributed by atoms with Gasteiger partial charge in [-0.3, -0.25) is 4.79 Å². The fraction of sp³-hybridized carbons (Fsp3) is 0.174. The highest BCUT2D eigenvalue weighted by molar-refractivity contribution is 9.10. The van der Waals surface area contributed by atoms with Crippen LogP contribution >= 0.6 is 27.3 Å². The summed E-state index contributed by atoms with van der Waals surface area (Å²) in [6.45, 7) is 1.07. The first-order valence-corrected chi connectivity index (χ1v) is 11.3. The molecule has 166 valence electrons. The second-order valence-electron chi connectivity index (χ2n) is 6.39. The molecule has 32 heavy (non-hydrogen) atoms. The third-order valence-corrected chi connectivity index (χ3v) is 5.57. The highest BCUT2D eigenvalue weighted by Gasteiger charge is 2.23. The second-order valence-corrected chi connectivity index (χ2v) is 8.19. The van der Waals surface area contributed by atoms with E-state index in [-0.39, 0.29) is 18.8 Å². The van der Waals surface area contributed by atoms with Crippen LogP contribution in [0.3, 0.4) is 0 Å². The molecule has 9 heteroatoms. The number of hydrogen-bond acceptors (Lipinski definition) is 7. The second kappa shape index (κ2) is 11.4. The summed E-state index contributed by atoms with van der Waals surface area (Å²) in [5, 5.41) is 4.73. The van der Waals surface area contributed by atoms with Crippen molar-refractivity contribution in [2.45, 2.75) is 6.92 Å². The number of benzene rings is 2. The van der Waals surface area contributed by atoms with Crippen LogP contribution in [0.1, 0.15) is 17.3 Å². The number of hydrogen-bond donors (Lipinski definition) is 1. The first-order valence-electron chi connectivity index (χ1n) is 9.65. The molecule has 0 radical (unpaired) electrons. The lowest BCUT2D eigenvalue weighted by atomic mass is 10.0. The smallest absolute Gasteiger partial charge is 0.344 e. The van der Waals surface area contributed by atoms with E-state index in [4.69, 9.17) is 14.2 Å². The van der Waals surface area contributed by atoms with Gasteiger partial charge in [-0.1, -0.05) is 46.3 Å². The number of amides is 1. The Labute approximate surface area is 197 Å². The van der Waals surface area contributed by atoms with Crippen LogP contribution < -0.4 is 10.1 Å². The summed E-state index contributed by atoms with van der Waals surface area (Å²) in [5.74, 6) is -1.30. The van der Waals surface area contributed by atoms with Crippen LogP contribution in [0, 0.1) is 0 Å². The molecule has 0 bridgehead atoms. The summed E-state index contributed by atoms with van der Waals surface area (Å²) < 4.78 is 16.3. The van der Waals surface area contributed by atoms with Gasteiger partial charge in [-0.15, -0.1) is 11.3 Å². The van der Waals surface area contributed by atoms with Crippen molar-refractivity contribution in [3.05, 3.63) is 70.0 Å². The molecule has 1 amide bonds. The molecule has 1 N–H and O–H groups in total. The molecular weight excluding hydrogens is 498 g/mol. The maximum absolute atomic E-state index is 12.5. The SMILES string of the molecule is CCOC(=O)c1c(-c2ccccc2)csc1NC(=O)COC(=O)COc1ccc(Br)cc1. The summed E-state index contributed by atoms with van der Waals surface area (Å²) in [5.41, 5.74) is 1.74. The van der Waals surface area contributed by atoms with E-state index in [1.165, 1.54) is 11.3 Å². The number of carbonyl (C=O) groups is 3. The van der Waals surface area contributed by atoms with Crippen LogP contribution in [-0.4, -0.2) is 37.7 Å². The van der Waals surface area contributed by atoms with Gasteiger partial charge in [-0.25, -0.2) is 9.59 Å². The van der Waals surface area contributed by atoms with Gasteiger partial charge in [0.1, 0.15) is 16.3 Å². The van der Waals surface area contributed by atoms with Gasteiger partial charge in [0.05, 0.1) is 6.61 Å². The molecule has 2 aromatic carbocycles. The van der Waals surface area contributed by atoms with Crippen LogP contribution in [-0.2, 0) is 19.1 Å². The van der Waals surface area contributed by atoms with E-state index in [1.54, 1.807) is 36.6 Å². The first-order chi connectivity index (χ1) is 15.5. The number of halogens is 1. The zero-order valence-electron chi connectivity index (χ0n) is 17.1. The Hall–Kier alpha value is -3.17. The number of nitrogens with one attached hydrogen (secondary N) is 1. The summed E-state index contributed by atoms with van der Waals surface area (Å²) in [7, 11) is 0. The Balaban J connectivity index is 1.60. The van der Waals surface area contributed by atoms with Gasteiger partial charge >= 0.3 is 11.9 Å².